The van der Waals surface area contributed by atoms with Gasteiger partial charge in [0, 0.05) is 12.6 Å². The molecule has 0 bridgehead atoms. The highest BCUT2D eigenvalue weighted by Crippen LogP contribution is 2.16. The van der Waals surface area contributed by atoms with E-state index in [1.165, 1.54) is 11.1 Å². The van der Waals surface area contributed by atoms with E-state index in [1.54, 1.807) is 0 Å². The van der Waals surface area contributed by atoms with Gasteiger partial charge >= 0.3 is 6.18 Å². The van der Waals surface area contributed by atoms with Crippen LogP contribution in [0, 0.1) is 6.92 Å². The van der Waals surface area contributed by atoms with Crippen LogP contribution in [-0.2, 0) is 4.74 Å². The van der Waals surface area contributed by atoms with Gasteiger partial charge in [0.15, 0.2) is 0 Å². The largest absolute Gasteiger partial charge is 0.411 e. The second-order valence-electron chi connectivity index (χ2n) is 4.55. The molecule has 2 nitrogen and oxygen atoms in total. The van der Waals surface area contributed by atoms with Crippen LogP contribution in [0.4, 0.5) is 13.2 Å². The van der Waals surface area contributed by atoms with Crippen molar-refractivity contribution in [1.29, 1.82) is 0 Å². The zero-order valence-corrected chi connectivity index (χ0v) is 11.3. The van der Waals surface area contributed by atoms with Crippen molar-refractivity contribution in [3.8, 4) is 0 Å². The van der Waals surface area contributed by atoms with Crippen molar-refractivity contribution in [2.75, 3.05) is 19.8 Å². The molecule has 1 aromatic rings. The molecule has 0 aliphatic rings. The monoisotopic (exact) mass is 275 g/mol. The van der Waals surface area contributed by atoms with Gasteiger partial charge in [-0.05, 0) is 37.9 Å². The number of alkyl halides is 3. The molecule has 0 saturated heterocycles. The van der Waals surface area contributed by atoms with E-state index in [9.17, 15) is 13.2 Å². The fourth-order valence-electron chi connectivity index (χ4n) is 1.86. The Hall–Kier alpha value is -1.07. The van der Waals surface area contributed by atoms with Crippen LogP contribution in [0.3, 0.4) is 0 Å². The SMILES string of the molecule is Cc1ccccc1C(C)NCCCOCC(F)(F)F. The van der Waals surface area contributed by atoms with Crippen LogP contribution in [0.1, 0.15) is 30.5 Å². The molecule has 0 heterocycles. The molecule has 1 rings (SSSR count). The summed E-state index contributed by atoms with van der Waals surface area (Å²) in [5.74, 6) is 0. The Morgan fingerprint density at radius 1 is 1.26 bits per heavy atom. The van der Waals surface area contributed by atoms with Crippen molar-refractivity contribution in [3.05, 3.63) is 35.4 Å². The Morgan fingerprint density at radius 3 is 2.58 bits per heavy atom. The maximum Gasteiger partial charge on any atom is 0.411 e. The van der Waals surface area contributed by atoms with E-state index in [4.69, 9.17) is 0 Å². The lowest BCUT2D eigenvalue weighted by molar-refractivity contribution is -0.173. The van der Waals surface area contributed by atoms with Crippen molar-refractivity contribution in [1.82, 2.24) is 5.32 Å². The Kier molecular flexibility index (Phi) is 6.31. The van der Waals surface area contributed by atoms with E-state index < -0.39 is 12.8 Å². The molecule has 0 fully saturated rings. The molecular weight excluding hydrogens is 255 g/mol. The van der Waals surface area contributed by atoms with Gasteiger partial charge in [-0.1, -0.05) is 24.3 Å². The van der Waals surface area contributed by atoms with Crippen molar-refractivity contribution < 1.29 is 17.9 Å². The topological polar surface area (TPSA) is 21.3 Å². The molecular formula is C14H20F3NO. The molecule has 0 amide bonds. The van der Waals surface area contributed by atoms with Crippen LogP contribution in [0.25, 0.3) is 0 Å². The van der Waals surface area contributed by atoms with Gasteiger partial charge in [0.05, 0.1) is 0 Å². The Labute approximate surface area is 112 Å². The molecule has 108 valence electrons. The third-order valence-corrected chi connectivity index (χ3v) is 2.84. The summed E-state index contributed by atoms with van der Waals surface area (Å²) >= 11 is 0. The highest BCUT2D eigenvalue weighted by atomic mass is 19.4. The van der Waals surface area contributed by atoms with Gasteiger partial charge in [0.1, 0.15) is 6.61 Å². The molecule has 1 aromatic carbocycles. The van der Waals surface area contributed by atoms with Crippen LogP contribution in [0.5, 0.6) is 0 Å². The highest BCUT2D eigenvalue weighted by Gasteiger charge is 2.27. The van der Waals surface area contributed by atoms with Crippen LogP contribution in [0.2, 0.25) is 0 Å². The van der Waals surface area contributed by atoms with E-state index in [0.717, 1.165) is 0 Å². The lowest BCUT2D eigenvalue weighted by Crippen LogP contribution is -2.23. The van der Waals surface area contributed by atoms with Crippen LogP contribution in [0.15, 0.2) is 24.3 Å². The third kappa shape index (κ3) is 6.59. The molecule has 0 aliphatic carbocycles. The number of halogens is 3. The second kappa shape index (κ2) is 7.50. The Balaban J connectivity index is 2.18. The smallest absolute Gasteiger partial charge is 0.372 e. The first-order chi connectivity index (χ1) is 8.90. The van der Waals surface area contributed by atoms with Crippen LogP contribution >= 0.6 is 0 Å². The van der Waals surface area contributed by atoms with E-state index in [1.807, 2.05) is 38.1 Å². The summed E-state index contributed by atoms with van der Waals surface area (Å²) in [4.78, 5) is 0. The summed E-state index contributed by atoms with van der Waals surface area (Å²) < 4.78 is 40.0. The summed E-state index contributed by atoms with van der Waals surface area (Å²) in [6.07, 6.45) is -3.67. The third-order valence-electron chi connectivity index (χ3n) is 2.84. The van der Waals surface area contributed by atoms with E-state index in [0.29, 0.717) is 13.0 Å². The fourth-order valence-corrected chi connectivity index (χ4v) is 1.86. The molecule has 0 saturated carbocycles. The molecule has 1 N–H and O–H groups in total. The number of hydrogen-bond acceptors (Lipinski definition) is 2. The van der Waals surface area contributed by atoms with Gasteiger partial charge in [-0.15, -0.1) is 0 Å². The highest BCUT2D eigenvalue weighted by molar-refractivity contribution is 5.28. The molecule has 1 unspecified atom stereocenters. The predicted molar refractivity (Wildman–Crippen MR) is 69.1 cm³/mol. The van der Waals surface area contributed by atoms with E-state index in [2.05, 4.69) is 10.1 Å². The van der Waals surface area contributed by atoms with Crippen molar-refractivity contribution in [2.24, 2.45) is 0 Å². The number of aryl methyl sites for hydroxylation is 1. The molecule has 0 spiro atoms. The lowest BCUT2D eigenvalue weighted by Gasteiger charge is -2.16. The Bertz CT molecular complexity index is 379. The first-order valence-electron chi connectivity index (χ1n) is 6.33. The molecule has 0 aromatic heterocycles. The normalized spacial score (nSPS) is 13.5. The average molecular weight is 275 g/mol. The minimum Gasteiger partial charge on any atom is -0.372 e. The van der Waals surface area contributed by atoms with Crippen LogP contribution in [-0.4, -0.2) is 25.9 Å². The average Bonchev–Trinajstić information content (AvgIpc) is 2.32. The summed E-state index contributed by atoms with van der Waals surface area (Å²) in [5.41, 5.74) is 2.41. The number of benzene rings is 1. The van der Waals surface area contributed by atoms with Gasteiger partial charge in [-0.3, -0.25) is 0 Å². The second-order valence-corrected chi connectivity index (χ2v) is 4.55. The van der Waals surface area contributed by atoms with E-state index in [-0.39, 0.29) is 12.6 Å². The maximum absolute atomic E-state index is 11.8. The van der Waals surface area contributed by atoms with Crippen molar-refractivity contribution in [3.63, 3.8) is 0 Å². The van der Waals surface area contributed by atoms with Gasteiger partial charge in [-0.2, -0.15) is 13.2 Å². The molecule has 0 radical (unpaired) electrons. The first kappa shape index (κ1) is 16.0. The summed E-state index contributed by atoms with van der Waals surface area (Å²) in [7, 11) is 0. The van der Waals surface area contributed by atoms with E-state index >= 15 is 0 Å². The van der Waals surface area contributed by atoms with Gasteiger partial charge in [-0.25, -0.2) is 0 Å². The predicted octanol–water partition coefficient (Wildman–Crippen LogP) is 3.61. The number of rotatable bonds is 7. The molecule has 5 heteroatoms. The van der Waals surface area contributed by atoms with Crippen LogP contribution < -0.4 is 5.32 Å². The number of ether oxygens (including phenoxy) is 1. The van der Waals surface area contributed by atoms with Gasteiger partial charge in [0.25, 0.3) is 0 Å². The van der Waals surface area contributed by atoms with Gasteiger partial charge < -0.3 is 10.1 Å². The quantitative estimate of drug-likeness (QED) is 0.767. The molecule has 1 atom stereocenters. The van der Waals surface area contributed by atoms with Crippen molar-refractivity contribution in [2.45, 2.75) is 32.5 Å². The van der Waals surface area contributed by atoms with Crippen molar-refractivity contribution >= 4 is 0 Å². The van der Waals surface area contributed by atoms with Gasteiger partial charge in [0.2, 0.25) is 0 Å². The summed E-state index contributed by atoms with van der Waals surface area (Å²) in [5, 5.41) is 3.28. The first-order valence-corrected chi connectivity index (χ1v) is 6.33. The minimum absolute atomic E-state index is 0.118. The molecule has 19 heavy (non-hydrogen) atoms. The number of hydrogen-bond donors (Lipinski definition) is 1. The maximum atomic E-state index is 11.8. The lowest BCUT2D eigenvalue weighted by atomic mass is 10.0. The summed E-state index contributed by atoms with van der Waals surface area (Å²) in [6.45, 7) is 3.67. The Morgan fingerprint density at radius 2 is 1.95 bits per heavy atom. The standard InChI is InChI=1S/C14H20F3NO/c1-11-6-3-4-7-13(11)12(2)18-8-5-9-19-10-14(15,16)17/h3-4,6-7,12,18H,5,8-10H2,1-2H3. The zero-order valence-electron chi connectivity index (χ0n) is 11.3. The molecule has 0 aliphatic heterocycles. The fraction of sp³-hybridized carbons (Fsp3) is 0.571. The minimum atomic E-state index is -4.23. The number of nitrogens with one attached hydrogen (secondary N) is 1. The summed E-state index contributed by atoms with van der Waals surface area (Å²) in [6, 6.07) is 8.24. The zero-order chi connectivity index (χ0) is 14.3.